The summed E-state index contributed by atoms with van der Waals surface area (Å²) in [5.74, 6) is 0. The molecule has 1 unspecified atom stereocenters. The average molecular weight is 621 g/mol. The molecule has 0 N–H and O–H groups in total. The van der Waals surface area contributed by atoms with E-state index in [1.165, 1.54) is 72.8 Å². The number of allylic oxidation sites excluding steroid dienone is 5. The largest absolute Gasteiger partial charge is 0.314 e. The van der Waals surface area contributed by atoms with Gasteiger partial charge >= 0.3 is 0 Å². The topological polar surface area (TPSA) is 8.17 Å². The Morgan fingerprint density at radius 1 is 0.625 bits per heavy atom. The highest BCUT2D eigenvalue weighted by molar-refractivity contribution is 5.99. The minimum absolute atomic E-state index is 0.00269. The highest BCUT2D eigenvalue weighted by Gasteiger charge is 2.53. The molecule has 9 rings (SSSR count). The Labute approximate surface area is 284 Å². The maximum absolute atomic E-state index is 2.47. The number of nitrogens with zero attached hydrogens (tertiary/aromatic N) is 2. The van der Waals surface area contributed by atoms with Gasteiger partial charge in [0.2, 0.25) is 0 Å². The van der Waals surface area contributed by atoms with Crippen molar-refractivity contribution >= 4 is 39.5 Å². The molecule has 2 nitrogen and oxygen atoms in total. The van der Waals surface area contributed by atoms with Crippen LogP contribution in [0.4, 0.5) is 11.4 Å². The second-order valence-corrected chi connectivity index (χ2v) is 14.4. The van der Waals surface area contributed by atoms with Gasteiger partial charge in [-0.05, 0) is 102 Å². The van der Waals surface area contributed by atoms with Crippen LogP contribution in [-0.4, -0.2) is 4.57 Å². The van der Waals surface area contributed by atoms with Crippen LogP contribution in [0, 0.1) is 5.41 Å². The van der Waals surface area contributed by atoms with Crippen LogP contribution >= 0.6 is 0 Å². The van der Waals surface area contributed by atoms with Crippen molar-refractivity contribution in [1.29, 1.82) is 0 Å². The molecule has 0 saturated heterocycles. The van der Waals surface area contributed by atoms with Gasteiger partial charge in [-0.1, -0.05) is 118 Å². The summed E-state index contributed by atoms with van der Waals surface area (Å²) in [6, 6.07) is 48.8. The standard InChI is InChI=1S/C46H40N2/c1-45(2)41-20-12-10-19-39(41)42-28-27-37(31-46(42,45)3)47(34-14-6-4-7-15-34)36-25-22-32(23-26-36)33-24-29-44-40(30-33)38-18-11-13-21-43(38)48(44)35-16-8-5-9-17-35/h4-23,25-28,30H,24,29,31H2,1-3H3. The Morgan fingerprint density at radius 2 is 1.29 bits per heavy atom. The Kier molecular flexibility index (Phi) is 6.52. The third-order valence-electron chi connectivity index (χ3n) is 11.6. The number of anilines is 2. The predicted octanol–water partition coefficient (Wildman–Crippen LogP) is 11.9. The normalized spacial score (nSPS) is 19.1. The van der Waals surface area contributed by atoms with E-state index in [1.54, 1.807) is 0 Å². The molecule has 1 aromatic heterocycles. The number of para-hydroxylation sites is 3. The number of hydrogen-bond donors (Lipinski definition) is 0. The third-order valence-corrected chi connectivity index (χ3v) is 11.6. The zero-order valence-corrected chi connectivity index (χ0v) is 27.9. The van der Waals surface area contributed by atoms with Gasteiger partial charge in [-0.2, -0.15) is 0 Å². The Morgan fingerprint density at radius 3 is 2.08 bits per heavy atom. The molecule has 2 heteroatoms. The molecule has 6 aromatic rings. The summed E-state index contributed by atoms with van der Waals surface area (Å²) in [6.07, 6.45) is 10.2. The summed E-state index contributed by atoms with van der Waals surface area (Å²) in [6.45, 7) is 7.33. The zero-order chi connectivity index (χ0) is 32.5. The zero-order valence-electron chi connectivity index (χ0n) is 27.9. The minimum Gasteiger partial charge on any atom is -0.314 e. The fourth-order valence-electron chi connectivity index (χ4n) is 8.75. The molecule has 1 heterocycles. The predicted molar refractivity (Wildman–Crippen MR) is 203 cm³/mol. The molecule has 3 aliphatic rings. The maximum atomic E-state index is 2.47. The van der Waals surface area contributed by atoms with E-state index in [4.69, 9.17) is 0 Å². The van der Waals surface area contributed by atoms with E-state index in [0.29, 0.717) is 0 Å². The van der Waals surface area contributed by atoms with Crippen LogP contribution in [0.15, 0.2) is 151 Å². The quantitative estimate of drug-likeness (QED) is 0.186. The van der Waals surface area contributed by atoms with Crippen molar-refractivity contribution in [2.75, 3.05) is 4.90 Å². The lowest BCUT2D eigenvalue weighted by Gasteiger charge is -2.44. The van der Waals surface area contributed by atoms with Gasteiger partial charge in [0.25, 0.3) is 0 Å². The van der Waals surface area contributed by atoms with Crippen LogP contribution in [0.25, 0.3) is 33.8 Å². The molecule has 0 radical (unpaired) electrons. The summed E-state index contributed by atoms with van der Waals surface area (Å²) >= 11 is 0. The van der Waals surface area contributed by atoms with E-state index in [9.17, 15) is 0 Å². The number of hydrogen-bond acceptors (Lipinski definition) is 1. The van der Waals surface area contributed by atoms with E-state index >= 15 is 0 Å². The van der Waals surface area contributed by atoms with E-state index in [-0.39, 0.29) is 10.8 Å². The van der Waals surface area contributed by atoms with Gasteiger partial charge in [0.1, 0.15) is 0 Å². The molecule has 0 amide bonds. The Bertz CT molecular complexity index is 2280. The Balaban J connectivity index is 1.10. The number of rotatable bonds is 5. The molecular weight excluding hydrogens is 581 g/mol. The lowest BCUT2D eigenvalue weighted by molar-refractivity contribution is 0.264. The fourth-order valence-corrected chi connectivity index (χ4v) is 8.75. The minimum atomic E-state index is -0.00269. The molecule has 0 fully saturated rings. The van der Waals surface area contributed by atoms with Gasteiger partial charge in [0.15, 0.2) is 0 Å². The van der Waals surface area contributed by atoms with Crippen LogP contribution in [0.3, 0.4) is 0 Å². The molecule has 3 aliphatic carbocycles. The molecule has 48 heavy (non-hydrogen) atoms. The molecule has 234 valence electrons. The first kappa shape index (κ1) is 28.8. The van der Waals surface area contributed by atoms with Crippen LogP contribution in [0.1, 0.15) is 61.6 Å². The lowest BCUT2D eigenvalue weighted by Crippen LogP contribution is -2.38. The monoisotopic (exact) mass is 620 g/mol. The summed E-state index contributed by atoms with van der Waals surface area (Å²) < 4.78 is 2.46. The van der Waals surface area contributed by atoms with E-state index in [2.05, 4.69) is 182 Å². The van der Waals surface area contributed by atoms with Gasteiger partial charge in [-0.15, -0.1) is 0 Å². The van der Waals surface area contributed by atoms with Crippen molar-refractivity contribution in [1.82, 2.24) is 4.57 Å². The molecule has 5 aromatic carbocycles. The van der Waals surface area contributed by atoms with Crippen LogP contribution < -0.4 is 4.90 Å². The summed E-state index contributed by atoms with van der Waals surface area (Å²) in [5, 5.41) is 1.32. The first-order valence-electron chi connectivity index (χ1n) is 17.3. The van der Waals surface area contributed by atoms with Crippen molar-refractivity contribution < 1.29 is 0 Å². The fraction of sp³-hybridized carbons (Fsp3) is 0.174. The lowest BCUT2D eigenvalue weighted by atomic mass is 9.62. The van der Waals surface area contributed by atoms with Gasteiger partial charge in [-0.3, -0.25) is 0 Å². The number of benzene rings is 5. The second kappa shape index (κ2) is 10.9. The molecule has 1 atom stereocenters. The summed E-state index contributed by atoms with van der Waals surface area (Å²) in [4.78, 5) is 2.47. The molecule has 0 spiro atoms. The van der Waals surface area contributed by atoms with Crippen molar-refractivity contribution in [2.24, 2.45) is 5.41 Å². The highest BCUT2D eigenvalue weighted by Crippen LogP contribution is 2.62. The van der Waals surface area contributed by atoms with E-state index in [0.717, 1.165) is 19.3 Å². The molecule has 0 aliphatic heterocycles. The first-order chi connectivity index (χ1) is 23.4. The summed E-state index contributed by atoms with van der Waals surface area (Å²) in [7, 11) is 0. The molecular formula is C46H40N2. The SMILES string of the molecule is CC12CC(N(c3ccccc3)c3ccc(C4=Cc5c(n(-c6ccccc6)c6ccccc56)CC4)cc3)=CC=C1c1ccccc1C2(C)C. The first-order valence-corrected chi connectivity index (χ1v) is 17.3. The van der Waals surface area contributed by atoms with Crippen molar-refractivity contribution in [3.8, 4) is 5.69 Å². The average Bonchev–Trinajstić information content (AvgIpc) is 3.55. The van der Waals surface area contributed by atoms with Gasteiger partial charge in [0.05, 0.1) is 5.52 Å². The maximum Gasteiger partial charge on any atom is 0.0537 e. The van der Waals surface area contributed by atoms with Crippen LogP contribution in [0.5, 0.6) is 0 Å². The van der Waals surface area contributed by atoms with Gasteiger partial charge < -0.3 is 9.47 Å². The van der Waals surface area contributed by atoms with E-state index in [1.807, 2.05) is 0 Å². The van der Waals surface area contributed by atoms with E-state index < -0.39 is 0 Å². The summed E-state index contributed by atoms with van der Waals surface area (Å²) in [5.41, 5.74) is 16.0. The molecule has 0 saturated carbocycles. The van der Waals surface area contributed by atoms with Crippen molar-refractivity contribution in [3.63, 3.8) is 0 Å². The second-order valence-electron chi connectivity index (χ2n) is 14.4. The van der Waals surface area contributed by atoms with Crippen molar-refractivity contribution in [3.05, 3.63) is 179 Å². The Hall–Kier alpha value is -5.34. The number of aromatic nitrogens is 1. The highest BCUT2D eigenvalue weighted by atomic mass is 15.2. The molecule has 0 bridgehead atoms. The van der Waals surface area contributed by atoms with Gasteiger partial charge in [0, 0.05) is 50.2 Å². The van der Waals surface area contributed by atoms with Gasteiger partial charge in [-0.25, -0.2) is 0 Å². The smallest absolute Gasteiger partial charge is 0.0537 e. The van der Waals surface area contributed by atoms with Crippen molar-refractivity contribution in [2.45, 2.75) is 45.4 Å². The number of fused-ring (bicyclic) bond motifs is 6. The third kappa shape index (κ3) is 4.25. The van der Waals surface area contributed by atoms with Crippen LogP contribution in [-0.2, 0) is 11.8 Å². The van der Waals surface area contributed by atoms with Crippen LogP contribution in [0.2, 0.25) is 0 Å².